The maximum absolute atomic E-state index is 15.9. The highest BCUT2D eigenvalue weighted by atomic mass is 19.1. The van der Waals surface area contributed by atoms with E-state index in [1.165, 1.54) is 20.3 Å². The highest BCUT2D eigenvalue weighted by molar-refractivity contribution is 6.02. The summed E-state index contributed by atoms with van der Waals surface area (Å²) in [6, 6.07) is 16.5. The van der Waals surface area contributed by atoms with Gasteiger partial charge in [-0.05, 0) is 66.0 Å². The minimum Gasteiger partial charge on any atom is -0.453 e. The maximum Gasteiger partial charge on any atom is 0.407 e. The first-order valence-corrected chi connectivity index (χ1v) is 19.5. The van der Waals surface area contributed by atoms with E-state index in [-0.39, 0.29) is 23.8 Å². The van der Waals surface area contributed by atoms with Gasteiger partial charge in [-0.3, -0.25) is 14.5 Å². The molecule has 300 valence electrons. The van der Waals surface area contributed by atoms with Crippen LogP contribution in [0.2, 0.25) is 0 Å². The maximum atomic E-state index is 15.9. The first kappa shape index (κ1) is 38.4. The summed E-state index contributed by atoms with van der Waals surface area (Å²) in [4.78, 5) is 71.0. The molecule has 0 spiro atoms. The molecule has 0 unspecified atom stereocenters. The number of amides is 4. The van der Waals surface area contributed by atoms with Crippen LogP contribution in [0.15, 0.2) is 73.1 Å². The molecule has 2 aromatic heterocycles. The summed E-state index contributed by atoms with van der Waals surface area (Å²) in [5.74, 6) is 0.207. The number of aromatic nitrogens is 4. The van der Waals surface area contributed by atoms with Gasteiger partial charge in [0.25, 0.3) is 0 Å². The van der Waals surface area contributed by atoms with Crippen LogP contribution in [-0.2, 0) is 31.9 Å². The predicted octanol–water partition coefficient (Wildman–Crippen LogP) is 6.62. The number of benzene rings is 3. The minimum absolute atomic E-state index is 0.132. The minimum atomic E-state index is -0.763. The van der Waals surface area contributed by atoms with Gasteiger partial charge in [0.1, 0.15) is 29.5 Å². The lowest BCUT2D eigenvalue weighted by atomic mass is 10.0. The zero-order chi connectivity index (χ0) is 40.7. The van der Waals surface area contributed by atoms with E-state index in [1.807, 2.05) is 68.6 Å². The molecule has 0 bridgehead atoms. The molecule has 14 nitrogen and oxygen atoms in total. The molecule has 3 aliphatic heterocycles. The highest BCUT2D eigenvalue weighted by Crippen LogP contribution is 2.45. The van der Waals surface area contributed by atoms with Gasteiger partial charge in [-0.25, -0.2) is 23.9 Å². The Morgan fingerprint density at radius 1 is 0.914 bits per heavy atom. The third kappa shape index (κ3) is 7.16. The van der Waals surface area contributed by atoms with Crippen LogP contribution in [0.5, 0.6) is 0 Å². The Morgan fingerprint density at radius 3 is 2.40 bits per heavy atom. The standard InChI is InChI=1S/C43H45FN8O6/c1-23(2)36(50-43(56)58-4)41(54)51-18-6-9-34(51)38-45-21-32(47-38)25-12-10-24(11-13-25)27-14-16-29(30(44)19-27)33-22-46-39(48-33)35-20-28-8-5-7-26-15-17-31(49-42(55)57-3)40(53)52(35)37(26)28/h5,7-8,10-14,16,19,21-23,31,34-36H,6,9,15,17-18,20H2,1-4H3,(H,45,47)(H,46,48)(H,49,55)(H,50,56)/t31-,34-,35-,36-/m0/s1. The van der Waals surface area contributed by atoms with Gasteiger partial charge in [0.2, 0.25) is 11.8 Å². The number of aromatic amines is 2. The Labute approximate surface area is 334 Å². The monoisotopic (exact) mass is 788 g/mol. The number of nitrogens with zero attached hydrogens (tertiary/aromatic N) is 4. The second-order valence-corrected chi connectivity index (χ2v) is 15.3. The van der Waals surface area contributed by atoms with E-state index in [2.05, 4.69) is 25.6 Å². The lowest BCUT2D eigenvalue weighted by Crippen LogP contribution is -2.51. The van der Waals surface area contributed by atoms with Crippen LogP contribution in [0, 0.1) is 11.7 Å². The number of imidazole rings is 2. The number of hydrogen-bond donors (Lipinski definition) is 4. The summed E-state index contributed by atoms with van der Waals surface area (Å²) < 4.78 is 25.4. The van der Waals surface area contributed by atoms with Crippen molar-refractivity contribution in [1.29, 1.82) is 0 Å². The van der Waals surface area contributed by atoms with Crippen LogP contribution >= 0.6 is 0 Å². The lowest BCUT2D eigenvalue weighted by Gasteiger charge is -2.29. The average molecular weight is 789 g/mol. The summed E-state index contributed by atoms with van der Waals surface area (Å²) in [7, 11) is 2.54. The number of carbonyl (C=O) groups is 4. The molecule has 3 aliphatic rings. The molecular formula is C43H45FN8O6. The van der Waals surface area contributed by atoms with Crippen molar-refractivity contribution in [1.82, 2.24) is 35.5 Å². The Kier molecular flexibility index (Phi) is 10.4. The van der Waals surface area contributed by atoms with Crippen LogP contribution in [0.25, 0.3) is 33.6 Å². The van der Waals surface area contributed by atoms with E-state index in [0.717, 1.165) is 40.8 Å². The number of nitrogens with one attached hydrogen (secondary N) is 4. The number of aryl methyl sites for hydroxylation is 1. The molecule has 4 atom stereocenters. The normalized spacial score (nSPS) is 19.1. The highest BCUT2D eigenvalue weighted by Gasteiger charge is 2.43. The molecule has 4 amide bonds. The fourth-order valence-electron chi connectivity index (χ4n) is 8.42. The van der Waals surface area contributed by atoms with Crippen molar-refractivity contribution < 1.29 is 33.0 Å². The fraction of sp³-hybridized carbons (Fsp3) is 0.349. The summed E-state index contributed by atoms with van der Waals surface area (Å²) >= 11 is 0. The number of alkyl carbamates (subject to hydrolysis) is 2. The molecule has 1 fully saturated rings. The van der Waals surface area contributed by atoms with Gasteiger partial charge in [-0.2, -0.15) is 0 Å². The number of methoxy groups -OCH3 is 2. The molecular weight excluding hydrogens is 744 g/mol. The van der Waals surface area contributed by atoms with Gasteiger partial charge in [0.15, 0.2) is 0 Å². The molecule has 5 heterocycles. The van der Waals surface area contributed by atoms with Crippen molar-refractivity contribution in [2.45, 2.75) is 70.1 Å². The van der Waals surface area contributed by atoms with Crippen molar-refractivity contribution in [3.05, 3.63) is 102 Å². The van der Waals surface area contributed by atoms with Crippen molar-refractivity contribution in [3.63, 3.8) is 0 Å². The Balaban J connectivity index is 0.970. The van der Waals surface area contributed by atoms with E-state index < -0.39 is 36.1 Å². The molecule has 5 aromatic rings. The third-order valence-electron chi connectivity index (χ3n) is 11.4. The molecule has 58 heavy (non-hydrogen) atoms. The number of hydrogen-bond acceptors (Lipinski definition) is 8. The summed E-state index contributed by atoms with van der Waals surface area (Å²) in [5, 5.41) is 5.36. The van der Waals surface area contributed by atoms with Gasteiger partial charge < -0.3 is 35.0 Å². The summed E-state index contributed by atoms with van der Waals surface area (Å²) in [5.41, 5.74) is 6.77. The topological polar surface area (TPSA) is 175 Å². The van der Waals surface area contributed by atoms with Crippen LogP contribution in [0.1, 0.15) is 68.0 Å². The first-order chi connectivity index (χ1) is 28.0. The second kappa shape index (κ2) is 15.8. The number of para-hydroxylation sites is 1. The SMILES string of the molecule is COC(=O)N[C@H]1CCc2cccc3c2N(C1=O)[C@H](c1ncc(-c2ccc(-c4ccc(-c5c[nH]c([C@@H]6CCCN6C(=O)[C@@H](NC(=O)OC)C(C)C)n5)cc4)cc2F)[nH]1)C3. The van der Waals surface area contributed by atoms with Gasteiger partial charge in [0.05, 0.1) is 49.6 Å². The van der Waals surface area contributed by atoms with Crippen LogP contribution in [0.4, 0.5) is 19.7 Å². The average Bonchev–Trinajstić information content (AvgIpc) is 4.06. The zero-order valence-corrected chi connectivity index (χ0v) is 32.7. The molecule has 0 saturated carbocycles. The van der Waals surface area contributed by atoms with Crippen molar-refractivity contribution in [2.75, 3.05) is 25.7 Å². The van der Waals surface area contributed by atoms with Crippen molar-refractivity contribution >= 4 is 29.7 Å². The summed E-state index contributed by atoms with van der Waals surface area (Å²) in [6.07, 6.45) is 5.21. The van der Waals surface area contributed by atoms with Gasteiger partial charge in [-0.1, -0.05) is 62.4 Å². The van der Waals surface area contributed by atoms with Crippen LogP contribution in [-0.4, -0.2) is 81.7 Å². The Bertz CT molecular complexity index is 2370. The molecule has 15 heteroatoms. The number of halogens is 1. The molecule has 3 aromatic carbocycles. The van der Waals surface area contributed by atoms with E-state index in [9.17, 15) is 19.2 Å². The van der Waals surface area contributed by atoms with Gasteiger partial charge in [-0.15, -0.1) is 0 Å². The molecule has 8 rings (SSSR count). The number of likely N-dealkylation sites (tertiary alicyclic amines) is 1. The Hall–Kier alpha value is -6.51. The van der Waals surface area contributed by atoms with Crippen LogP contribution in [0.3, 0.4) is 0 Å². The van der Waals surface area contributed by atoms with Crippen molar-refractivity contribution in [3.8, 4) is 33.6 Å². The van der Waals surface area contributed by atoms with Gasteiger partial charge in [0, 0.05) is 30.3 Å². The van der Waals surface area contributed by atoms with E-state index in [4.69, 9.17) is 14.5 Å². The zero-order valence-electron chi connectivity index (χ0n) is 32.7. The van der Waals surface area contributed by atoms with E-state index >= 15 is 4.39 Å². The van der Waals surface area contributed by atoms with Crippen molar-refractivity contribution in [2.24, 2.45) is 5.92 Å². The summed E-state index contributed by atoms with van der Waals surface area (Å²) in [6.45, 7) is 4.32. The van der Waals surface area contributed by atoms with Crippen LogP contribution < -0.4 is 15.5 Å². The number of ether oxygens (including phenoxy) is 2. The second-order valence-electron chi connectivity index (χ2n) is 15.3. The van der Waals surface area contributed by atoms with E-state index in [1.54, 1.807) is 22.1 Å². The molecule has 4 N–H and O–H groups in total. The number of H-pyrrole nitrogens is 2. The quantitative estimate of drug-likeness (QED) is 0.129. The predicted molar refractivity (Wildman–Crippen MR) is 213 cm³/mol. The number of carbonyl (C=O) groups excluding carboxylic acids is 4. The fourth-order valence-corrected chi connectivity index (χ4v) is 8.42. The number of anilines is 1. The number of rotatable bonds is 9. The molecule has 0 aliphatic carbocycles. The molecule has 0 radical (unpaired) electrons. The largest absolute Gasteiger partial charge is 0.453 e. The van der Waals surface area contributed by atoms with Gasteiger partial charge >= 0.3 is 12.2 Å². The third-order valence-corrected chi connectivity index (χ3v) is 11.4. The molecule has 1 saturated heterocycles. The van der Waals surface area contributed by atoms with E-state index in [0.29, 0.717) is 60.0 Å². The smallest absolute Gasteiger partial charge is 0.407 e. The Morgan fingerprint density at radius 2 is 1.66 bits per heavy atom. The first-order valence-electron chi connectivity index (χ1n) is 19.5. The lowest BCUT2D eigenvalue weighted by molar-refractivity contribution is -0.135.